The summed E-state index contributed by atoms with van der Waals surface area (Å²) in [6.07, 6.45) is 0.804. The van der Waals surface area contributed by atoms with E-state index < -0.39 is 0 Å². The molecule has 0 fully saturated rings. The molecule has 0 aliphatic rings. The van der Waals surface area contributed by atoms with Gasteiger partial charge in [-0.15, -0.1) is 0 Å². The molecule has 0 bridgehead atoms. The summed E-state index contributed by atoms with van der Waals surface area (Å²) >= 11 is 5.85. The molecule has 1 N–H and O–H groups in total. The van der Waals surface area contributed by atoms with Crippen molar-refractivity contribution in [2.24, 2.45) is 0 Å². The molecule has 4 heteroatoms. The monoisotopic (exact) mass is 272 g/mol. The number of aromatic amines is 1. The van der Waals surface area contributed by atoms with E-state index in [2.05, 4.69) is 4.98 Å². The van der Waals surface area contributed by atoms with Gasteiger partial charge in [-0.3, -0.25) is 4.57 Å². The van der Waals surface area contributed by atoms with E-state index >= 15 is 0 Å². The normalized spacial score (nSPS) is 11.0. The number of benzene rings is 2. The molecule has 1 heterocycles. The second-order valence-electron chi connectivity index (χ2n) is 4.48. The maximum absolute atomic E-state index is 11.9. The van der Waals surface area contributed by atoms with Crippen molar-refractivity contribution in [2.75, 3.05) is 0 Å². The summed E-state index contributed by atoms with van der Waals surface area (Å²) in [5.74, 6) is 0. The van der Waals surface area contributed by atoms with E-state index in [0.717, 1.165) is 22.5 Å². The molecular weight excluding hydrogens is 260 g/mol. The predicted molar refractivity (Wildman–Crippen MR) is 77.7 cm³/mol. The van der Waals surface area contributed by atoms with Crippen LogP contribution in [0.3, 0.4) is 0 Å². The second kappa shape index (κ2) is 4.94. The molecule has 0 atom stereocenters. The number of hydrogen-bond acceptors (Lipinski definition) is 1. The number of fused-ring (bicyclic) bond motifs is 1. The number of aryl methyl sites for hydroxylation is 2. The zero-order chi connectivity index (χ0) is 13.2. The molecule has 2 aromatic carbocycles. The minimum Gasteiger partial charge on any atom is -0.306 e. The Kier molecular flexibility index (Phi) is 3.13. The summed E-state index contributed by atoms with van der Waals surface area (Å²) in [5.41, 5.74) is 2.93. The smallest absolute Gasteiger partial charge is 0.306 e. The lowest BCUT2D eigenvalue weighted by Gasteiger charge is -2.04. The van der Waals surface area contributed by atoms with E-state index in [1.165, 1.54) is 5.56 Å². The lowest BCUT2D eigenvalue weighted by Crippen LogP contribution is -2.17. The first-order valence-corrected chi connectivity index (χ1v) is 6.54. The van der Waals surface area contributed by atoms with Gasteiger partial charge in [0.05, 0.1) is 11.0 Å². The first-order valence-electron chi connectivity index (χ1n) is 6.16. The fraction of sp³-hybridized carbons (Fsp3) is 0.133. The van der Waals surface area contributed by atoms with Gasteiger partial charge in [0.1, 0.15) is 0 Å². The van der Waals surface area contributed by atoms with Gasteiger partial charge in [-0.25, -0.2) is 4.79 Å². The summed E-state index contributed by atoms with van der Waals surface area (Å²) in [6, 6.07) is 15.4. The van der Waals surface area contributed by atoms with Gasteiger partial charge < -0.3 is 4.98 Å². The molecule has 0 saturated heterocycles. The van der Waals surface area contributed by atoms with E-state index in [1.807, 2.05) is 48.5 Å². The van der Waals surface area contributed by atoms with Gasteiger partial charge in [0.25, 0.3) is 0 Å². The van der Waals surface area contributed by atoms with Crippen LogP contribution in [0.5, 0.6) is 0 Å². The molecule has 19 heavy (non-hydrogen) atoms. The highest BCUT2D eigenvalue weighted by atomic mass is 35.5. The minimum atomic E-state index is -0.0600. The molecule has 3 rings (SSSR count). The predicted octanol–water partition coefficient (Wildman–Crippen LogP) is 3.23. The summed E-state index contributed by atoms with van der Waals surface area (Å²) in [6.45, 7) is 0.657. The van der Waals surface area contributed by atoms with Crippen LogP contribution >= 0.6 is 11.6 Å². The maximum Gasteiger partial charge on any atom is 0.326 e. The van der Waals surface area contributed by atoms with Gasteiger partial charge in [-0.2, -0.15) is 0 Å². The van der Waals surface area contributed by atoms with Crippen molar-refractivity contribution in [3.05, 3.63) is 69.6 Å². The number of para-hydroxylation sites is 2. The van der Waals surface area contributed by atoms with Crippen LogP contribution in [0.25, 0.3) is 11.0 Å². The molecule has 1 aromatic heterocycles. The van der Waals surface area contributed by atoms with Gasteiger partial charge in [0.15, 0.2) is 0 Å². The van der Waals surface area contributed by atoms with Crippen molar-refractivity contribution >= 4 is 22.6 Å². The standard InChI is InChI=1S/C15H13ClN2O/c16-12-7-5-11(6-8-12)9-10-18-14-4-2-1-3-13(14)17-15(18)19/h1-8H,9-10H2,(H,17,19). The topological polar surface area (TPSA) is 37.8 Å². The van der Waals surface area contributed by atoms with E-state index in [9.17, 15) is 4.79 Å². The number of nitrogens with zero attached hydrogens (tertiary/aromatic N) is 1. The Morgan fingerprint density at radius 2 is 1.79 bits per heavy atom. The SMILES string of the molecule is O=c1[nH]c2ccccc2n1CCc1ccc(Cl)cc1. The number of H-pyrrole nitrogens is 1. The number of halogens is 1. The molecule has 0 radical (unpaired) electrons. The third-order valence-corrected chi connectivity index (χ3v) is 3.47. The first-order chi connectivity index (χ1) is 9.24. The van der Waals surface area contributed by atoms with Crippen molar-refractivity contribution in [3.63, 3.8) is 0 Å². The second-order valence-corrected chi connectivity index (χ2v) is 4.91. The molecule has 96 valence electrons. The highest BCUT2D eigenvalue weighted by Crippen LogP contribution is 2.12. The number of imidazole rings is 1. The molecule has 0 unspecified atom stereocenters. The Morgan fingerprint density at radius 1 is 1.05 bits per heavy atom. The Morgan fingerprint density at radius 3 is 2.58 bits per heavy atom. The highest BCUT2D eigenvalue weighted by molar-refractivity contribution is 6.30. The average Bonchev–Trinajstić information content (AvgIpc) is 2.74. The zero-order valence-corrected chi connectivity index (χ0v) is 11.0. The molecule has 3 nitrogen and oxygen atoms in total. The van der Waals surface area contributed by atoms with Crippen LogP contribution in [-0.4, -0.2) is 9.55 Å². The molecule has 0 aliphatic carbocycles. The van der Waals surface area contributed by atoms with Crippen LogP contribution in [0, 0.1) is 0 Å². The molecular formula is C15H13ClN2O. The molecule has 0 spiro atoms. The maximum atomic E-state index is 11.9. The lowest BCUT2D eigenvalue weighted by molar-refractivity contribution is 0.691. The van der Waals surface area contributed by atoms with Crippen molar-refractivity contribution in [1.82, 2.24) is 9.55 Å². The van der Waals surface area contributed by atoms with Gasteiger partial charge in [0.2, 0.25) is 0 Å². The minimum absolute atomic E-state index is 0.0600. The third-order valence-electron chi connectivity index (χ3n) is 3.22. The largest absolute Gasteiger partial charge is 0.326 e. The Bertz CT molecular complexity index is 756. The van der Waals surface area contributed by atoms with E-state index in [-0.39, 0.29) is 5.69 Å². The molecule has 0 amide bonds. The van der Waals surface area contributed by atoms with Gasteiger partial charge in [-0.1, -0.05) is 35.9 Å². The molecule has 3 aromatic rings. The summed E-state index contributed by atoms with van der Waals surface area (Å²) in [5, 5.41) is 0.730. The van der Waals surface area contributed by atoms with Crippen molar-refractivity contribution < 1.29 is 0 Å². The fourth-order valence-electron chi connectivity index (χ4n) is 2.22. The fourth-order valence-corrected chi connectivity index (χ4v) is 2.35. The summed E-state index contributed by atoms with van der Waals surface area (Å²) < 4.78 is 1.77. The molecule has 0 saturated carbocycles. The number of nitrogens with one attached hydrogen (secondary N) is 1. The van der Waals surface area contributed by atoms with Crippen LogP contribution in [0.4, 0.5) is 0 Å². The van der Waals surface area contributed by atoms with Crippen molar-refractivity contribution in [2.45, 2.75) is 13.0 Å². The van der Waals surface area contributed by atoms with Crippen molar-refractivity contribution in [3.8, 4) is 0 Å². The Balaban J connectivity index is 1.87. The Labute approximate surface area is 115 Å². The first kappa shape index (κ1) is 12.1. The summed E-state index contributed by atoms with van der Waals surface area (Å²) in [7, 11) is 0. The number of aromatic nitrogens is 2. The van der Waals surface area contributed by atoms with Crippen LogP contribution in [0.1, 0.15) is 5.56 Å². The van der Waals surface area contributed by atoms with Crippen LogP contribution in [-0.2, 0) is 13.0 Å². The quantitative estimate of drug-likeness (QED) is 0.781. The van der Waals surface area contributed by atoms with Crippen LogP contribution < -0.4 is 5.69 Å². The summed E-state index contributed by atoms with van der Waals surface area (Å²) in [4.78, 5) is 14.8. The van der Waals surface area contributed by atoms with Gasteiger partial charge >= 0.3 is 5.69 Å². The van der Waals surface area contributed by atoms with Gasteiger partial charge in [0, 0.05) is 11.6 Å². The van der Waals surface area contributed by atoms with E-state index in [0.29, 0.717) is 6.54 Å². The number of hydrogen-bond donors (Lipinski definition) is 1. The van der Waals surface area contributed by atoms with Crippen LogP contribution in [0.15, 0.2) is 53.3 Å². The number of rotatable bonds is 3. The zero-order valence-electron chi connectivity index (χ0n) is 10.3. The Hall–Kier alpha value is -2.00. The van der Waals surface area contributed by atoms with Crippen molar-refractivity contribution in [1.29, 1.82) is 0 Å². The third kappa shape index (κ3) is 2.42. The lowest BCUT2D eigenvalue weighted by atomic mass is 10.1. The van der Waals surface area contributed by atoms with Gasteiger partial charge in [-0.05, 0) is 36.2 Å². The average molecular weight is 273 g/mol. The van der Waals surface area contributed by atoms with E-state index in [1.54, 1.807) is 4.57 Å². The highest BCUT2D eigenvalue weighted by Gasteiger charge is 2.05. The van der Waals surface area contributed by atoms with Crippen LogP contribution in [0.2, 0.25) is 5.02 Å². The van der Waals surface area contributed by atoms with E-state index in [4.69, 9.17) is 11.6 Å². The molecule has 0 aliphatic heterocycles.